The molecule has 0 radical (unpaired) electrons. The molecular formula is C33H45F5N2O2Si. The lowest BCUT2D eigenvalue weighted by atomic mass is 9.70. The number of rotatable bonds is 6. The topological polar surface area (TPSA) is 55.2 Å². The minimum atomic E-state index is -4.57. The van der Waals surface area contributed by atoms with Crippen molar-refractivity contribution in [1.29, 1.82) is 0 Å². The lowest BCUT2D eigenvalue weighted by Gasteiger charge is -2.45. The standard InChI is InChI=1S/C33H45F5N2O2Si/c1-19(2)28-27(29(41)22-11-10-21(18-39-22)33(36,37)38)25(20-12-14-32(34,35)15-13-20)26-23(40-28)16-31(6,7)17-24(26)42-43(8,9)30(3,4)5/h10-12,18-19,24,29,41H,13-17H2,1-9H3. The van der Waals surface area contributed by atoms with E-state index < -0.39 is 44.6 Å². The van der Waals surface area contributed by atoms with Gasteiger partial charge in [-0.1, -0.05) is 54.5 Å². The first-order valence-electron chi connectivity index (χ1n) is 15.1. The average Bonchev–Trinajstić information content (AvgIpc) is 2.85. The zero-order chi connectivity index (χ0) is 32.3. The van der Waals surface area contributed by atoms with Crippen LogP contribution in [0.25, 0.3) is 5.57 Å². The summed E-state index contributed by atoms with van der Waals surface area (Å²) in [6.07, 6.45) is -3.45. The van der Waals surface area contributed by atoms with Gasteiger partial charge in [0.25, 0.3) is 5.92 Å². The van der Waals surface area contributed by atoms with Crippen LogP contribution in [0.4, 0.5) is 22.0 Å². The van der Waals surface area contributed by atoms with Crippen LogP contribution in [0.1, 0.15) is 132 Å². The fraction of sp³-hybridized carbons (Fsp3) is 0.636. The molecule has 43 heavy (non-hydrogen) atoms. The van der Waals surface area contributed by atoms with Gasteiger partial charge in [-0.05, 0) is 72.0 Å². The Balaban J connectivity index is 2.03. The summed E-state index contributed by atoms with van der Waals surface area (Å²) in [6.45, 7) is 19.0. The first kappa shape index (κ1) is 33.7. The van der Waals surface area contributed by atoms with Gasteiger partial charge in [-0.15, -0.1) is 0 Å². The van der Waals surface area contributed by atoms with Crippen molar-refractivity contribution in [3.05, 3.63) is 63.7 Å². The number of allylic oxidation sites excluding steroid dienone is 2. The van der Waals surface area contributed by atoms with Gasteiger partial charge >= 0.3 is 6.18 Å². The fourth-order valence-electron chi connectivity index (χ4n) is 5.89. The SMILES string of the molecule is CC(C)c1nc2c(c(C3=CCC(F)(F)CC3)c1C(O)c1ccc(C(F)(F)F)cn1)C(O[Si](C)(C)C(C)(C)C)CC(C)(C)C2. The summed E-state index contributed by atoms with van der Waals surface area (Å²) in [7, 11) is -2.34. The minimum Gasteiger partial charge on any atom is -0.410 e. The quantitative estimate of drug-likeness (QED) is 0.257. The second kappa shape index (κ2) is 11.3. The Morgan fingerprint density at radius 1 is 1.09 bits per heavy atom. The van der Waals surface area contributed by atoms with E-state index in [-0.39, 0.29) is 34.9 Å². The van der Waals surface area contributed by atoms with Crippen LogP contribution in [-0.2, 0) is 17.0 Å². The molecule has 0 fully saturated rings. The van der Waals surface area contributed by atoms with Gasteiger partial charge in [-0.3, -0.25) is 9.97 Å². The van der Waals surface area contributed by atoms with Crippen LogP contribution >= 0.6 is 0 Å². The molecule has 0 saturated heterocycles. The Labute approximate surface area is 253 Å². The molecule has 4 nitrogen and oxygen atoms in total. The molecule has 2 unspecified atom stereocenters. The zero-order valence-corrected chi connectivity index (χ0v) is 27.7. The highest BCUT2D eigenvalue weighted by atomic mass is 28.4. The monoisotopic (exact) mass is 624 g/mol. The van der Waals surface area contributed by atoms with E-state index in [1.165, 1.54) is 6.07 Å². The molecule has 0 saturated carbocycles. The highest BCUT2D eigenvalue weighted by Crippen LogP contribution is 2.52. The van der Waals surface area contributed by atoms with E-state index in [2.05, 4.69) is 52.7 Å². The molecular weight excluding hydrogens is 579 g/mol. The van der Waals surface area contributed by atoms with Crippen LogP contribution in [0.2, 0.25) is 18.1 Å². The molecule has 2 atom stereocenters. The number of aliphatic hydroxyl groups excluding tert-OH is 1. The van der Waals surface area contributed by atoms with Crippen molar-refractivity contribution in [2.75, 3.05) is 0 Å². The number of aliphatic hydroxyl groups is 1. The molecule has 0 aliphatic heterocycles. The number of halogens is 5. The van der Waals surface area contributed by atoms with Crippen LogP contribution in [-0.4, -0.2) is 29.3 Å². The maximum absolute atomic E-state index is 14.4. The summed E-state index contributed by atoms with van der Waals surface area (Å²) in [4.78, 5) is 9.15. The third-order valence-corrected chi connectivity index (χ3v) is 13.8. The lowest BCUT2D eigenvalue weighted by molar-refractivity contribution is -0.137. The molecule has 1 N–H and O–H groups in total. The van der Waals surface area contributed by atoms with Gasteiger partial charge < -0.3 is 9.53 Å². The third kappa shape index (κ3) is 7.06. The fourth-order valence-corrected chi connectivity index (χ4v) is 7.16. The molecule has 2 aliphatic rings. The van der Waals surface area contributed by atoms with Crippen LogP contribution < -0.4 is 0 Å². The number of hydrogen-bond donors (Lipinski definition) is 1. The van der Waals surface area contributed by atoms with Crippen LogP contribution in [0.3, 0.4) is 0 Å². The van der Waals surface area contributed by atoms with Gasteiger partial charge in [0.05, 0.1) is 23.1 Å². The van der Waals surface area contributed by atoms with Crippen LogP contribution in [0.5, 0.6) is 0 Å². The smallest absolute Gasteiger partial charge is 0.410 e. The molecule has 2 aliphatic carbocycles. The van der Waals surface area contributed by atoms with Gasteiger partial charge in [0.1, 0.15) is 6.10 Å². The first-order valence-corrected chi connectivity index (χ1v) is 18.0. The van der Waals surface area contributed by atoms with Gasteiger partial charge in [-0.25, -0.2) is 8.78 Å². The third-order valence-electron chi connectivity index (χ3n) is 9.27. The van der Waals surface area contributed by atoms with E-state index in [0.717, 1.165) is 17.3 Å². The molecule has 4 rings (SSSR count). The summed E-state index contributed by atoms with van der Waals surface area (Å²) in [5.41, 5.74) is 2.96. The first-order chi connectivity index (χ1) is 19.5. The highest BCUT2D eigenvalue weighted by molar-refractivity contribution is 6.74. The molecule has 0 aromatic carbocycles. The maximum Gasteiger partial charge on any atom is 0.417 e. The molecule has 238 valence electrons. The van der Waals surface area contributed by atoms with E-state index in [0.29, 0.717) is 41.4 Å². The van der Waals surface area contributed by atoms with Crippen molar-refractivity contribution in [3.8, 4) is 0 Å². The van der Waals surface area contributed by atoms with Crippen molar-refractivity contribution in [2.24, 2.45) is 5.41 Å². The predicted octanol–water partition coefficient (Wildman–Crippen LogP) is 9.94. The minimum absolute atomic E-state index is 0.0395. The highest BCUT2D eigenvalue weighted by Gasteiger charge is 2.46. The summed E-state index contributed by atoms with van der Waals surface area (Å²) in [6, 6.07) is 2.08. The molecule has 2 heterocycles. The molecule has 2 aromatic rings. The Morgan fingerprint density at radius 3 is 2.23 bits per heavy atom. The van der Waals surface area contributed by atoms with E-state index in [9.17, 15) is 27.1 Å². The van der Waals surface area contributed by atoms with Crippen LogP contribution in [0.15, 0.2) is 24.4 Å². The summed E-state index contributed by atoms with van der Waals surface area (Å²) < 4.78 is 75.8. The second-order valence-electron chi connectivity index (χ2n) is 14.9. The van der Waals surface area contributed by atoms with Gasteiger partial charge in [-0.2, -0.15) is 13.2 Å². The van der Waals surface area contributed by atoms with Crippen LogP contribution in [0, 0.1) is 5.41 Å². The van der Waals surface area contributed by atoms with Gasteiger partial charge in [0.15, 0.2) is 8.32 Å². The Bertz CT molecular complexity index is 1380. The van der Waals surface area contributed by atoms with E-state index in [1.807, 2.05) is 13.8 Å². The molecule has 0 spiro atoms. The second-order valence-corrected chi connectivity index (χ2v) is 19.6. The van der Waals surface area contributed by atoms with Crippen molar-refractivity contribution in [3.63, 3.8) is 0 Å². The zero-order valence-electron chi connectivity index (χ0n) is 26.7. The number of alkyl halides is 5. The van der Waals surface area contributed by atoms with Crippen molar-refractivity contribution >= 4 is 13.9 Å². The molecule has 2 aromatic heterocycles. The predicted molar refractivity (Wildman–Crippen MR) is 162 cm³/mol. The Hall–Kier alpha value is -2.17. The largest absolute Gasteiger partial charge is 0.417 e. The lowest BCUT2D eigenvalue weighted by Crippen LogP contribution is -2.44. The molecule has 0 amide bonds. The summed E-state index contributed by atoms with van der Waals surface area (Å²) in [5.74, 6) is -3.00. The number of nitrogens with zero attached hydrogens (tertiary/aromatic N) is 2. The number of aromatic nitrogens is 2. The molecule has 0 bridgehead atoms. The maximum atomic E-state index is 14.4. The van der Waals surface area contributed by atoms with Crippen molar-refractivity contribution in [1.82, 2.24) is 9.97 Å². The van der Waals surface area contributed by atoms with Crippen molar-refractivity contribution < 1.29 is 31.5 Å². The molecule has 10 heteroatoms. The summed E-state index contributed by atoms with van der Waals surface area (Å²) in [5, 5.41) is 11.8. The number of pyridine rings is 2. The average molecular weight is 625 g/mol. The van der Waals surface area contributed by atoms with Crippen molar-refractivity contribution in [2.45, 2.75) is 129 Å². The van der Waals surface area contributed by atoms with Gasteiger partial charge in [0, 0.05) is 35.9 Å². The Morgan fingerprint density at radius 2 is 1.74 bits per heavy atom. The van der Waals surface area contributed by atoms with E-state index in [1.54, 1.807) is 6.08 Å². The number of hydrogen-bond acceptors (Lipinski definition) is 4. The number of fused-ring (bicyclic) bond motifs is 1. The van der Waals surface area contributed by atoms with E-state index >= 15 is 0 Å². The van der Waals surface area contributed by atoms with E-state index in [4.69, 9.17) is 9.41 Å². The normalized spacial score (nSPS) is 21.4. The van der Waals surface area contributed by atoms with Gasteiger partial charge in [0.2, 0.25) is 0 Å². The Kier molecular flexibility index (Phi) is 8.88. The summed E-state index contributed by atoms with van der Waals surface area (Å²) >= 11 is 0.